The first kappa shape index (κ1) is 13.3. The van der Waals surface area contributed by atoms with E-state index in [1.165, 1.54) is 0 Å². The van der Waals surface area contributed by atoms with Crippen molar-refractivity contribution in [2.75, 3.05) is 5.32 Å². The van der Waals surface area contributed by atoms with Crippen molar-refractivity contribution in [3.63, 3.8) is 0 Å². The summed E-state index contributed by atoms with van der Waals surface area (Å²) in [5, 5.41) is 9.55. The Morgan fingerprint density at radius 2 is 2.00 bits per heavy atom. The van der Waals surface area contributed by atoms with Crippen molar-refractivity contribution in [2.45, 2.75) is 26.3 Å². The highest BCUT2D eigenvalue weighted by Crippen LogP contribution is 2.12. The molecule has 1 heterocycles. The average molecular weight is 258 g/mol. The van der Waals surface area contributed by atoms with Gasteiger partial charge in [-0.3, -0.25) is 9.89 Å². The molecule has 2 rings (SSSR count). The molecule has 0 atom stereocenters. The normalized spacial score (nSPS) is 10.4. The maximum Gasteiger partial charge on any atom is 0.229 e. The number of benzene rings is 1. The second-order valence-corrected chi connectivity index (χ2v) is 4.37. The van der Waals surface area contributed by atoms with Crippen LogP contribution in [0.1, 0.15) is 23.6 Å². The van der Waals surface area contributed by atoms with Gasteiger partial charge in [-0.25, -0.2) is 0 Å². The molecule has 100 valence electrons. The number of rotatable bonds is 5. The van der Waals surface area contributed by atoms with Gasteiger partial charge in [0.15, 0.2) is 0 Å². The van der Waals surface area contributed by atoms with E-state index in [1.54, 1.807) is 6.20 Å². The van der Waals surface area contributed by atoms with Crippen LogP contribution in [0, 0.1) is 0 Å². The van der Waals surface area contributed by atoms with E-state index in [1.807, 2.05) is 31.2 Å². The second kappa shape index (κ2) is 6.15. The quantitative estimate of drug-likeness (QED) is 0.761. The summed E-state index contributed by atoms with van der Waals surface area (Å²) in [5.41, 5.74) is 8.57. The lowest BCUT2D eigenvalue weighted by molar-refractivity contribution is -0.115. The van der Waals surface area contributed by atoms with Crippen molar-refractivity contribution in [1.82, 2.24) is 10.2 Å². The van der Waals surface area contributed by atoms with E-state index in [0.29, 0.717) is 18.8 Å². The van der Waals surface area contributed by atoms with Gasteiger partial charge < -0.3 is 11.1 Å². The zero-order chi connectivity index (χ0) is 13.7. The van der Waals surface area contributed by atoms with E-state index in [-0.39, 0.29) is 5.91 Å². The molecular weight excluding hydrogens is 240 g/mol. The standard InChI is InChI=1S/C14H18N4O/c1-2-12-9-16-18-14(12)17-13(19)7-10-3-5-11(8-15)6-4-10/h3-6,9H,2,7-8,15H2,1H3,(H2,16,17,18,19). The van der Waals surface area contributed by atoms with Gasteiger partial charge in [-0.2, -0.15) is 5.10 Å². The lowest BCUT2D eigenvalue weighted by atomic mass is 10.1. The zero-order valence-corrected chi connectivity index (χ0v) is 10.9. The molecule has 2 aromatic rings. The van der Waals surface area contributed by atoms with Crippen LogP contribution in [0.3, 0.4) is 0 Å². The number of H-pyrrole nitrogens is 1. The van der Waals surface area contributed by atoms with Gasteiger partial charge in [0.2, 0.25) is 5.91 Å². The summed E-state index contributed by atoms with van der Waals surface area (Å²) in [7, 11) is 0. The minimum atomic E-state index is -0.0561. The van der Waals surface area contributed by atoms with E-state index in [2.05, 4.69) is 15.5 Å². The van der Waals surface area contributed by atoms with Gasteiger partial charge in [-0.15, -0.1) is 0 Å². The molecule has 0 spiro atoms. The molecule has 1 aromatic heterocycles. The number of nitrogens with two attached hydrogens (primary N) is 1. The molecule has 5 heteroatoms. The first-order chi connectivity index (χ1) is 9.22. The summed E-state index contributed by atoms with van der Waals surface area (Å²) >= 11 is 0. The predicted octanol–water partition coefficient (Wildman–Crippen LogP) is 1.61. The molecule has 0 fully saturated rings. The Morgan fingerprint density at radius 1 is 1.32 bits per heavy atom. The Labute approximate surface area is 112 Å². The van der Waals surface area contributed by atoms with Crippen molar-refractivity contribution in [3.05, 3.63) is 47.2 Å². The Hall–Kier alpha value is -2.14. The molecule has 0 radical (unpaired) electrons. The fraction of sp³-hybridized carbons (Fsp3) is 0.286. The molecule has 4 N–H and O–H groups in total. The van der Waals surface area contributed by atoms with Crippen molar-refractivity contribution >= 4 is 11.7 Å². The summed E-state index contributed by atoms with van der Waals surface area (Å²) in [6.07, 6.45) is 2.90. The molecule has 0 aliphatic carbocycles. The van der Waals surface area contributed by atoms with Crippen molar-refractivity contribution in [2.24, 2.45) is 5.73 Å². The number of anilines is 1. The van der Waals surface area contributed by atoms with Crippen LogP contribution < -0.4 is 11.1 Å². The first-order valence-electron chi connectivity index (χ1n) is 6.33. The Balaban J connectivity index is 1.97. The van der Waals surface area contributed by atoms with Gasteiger partial charge in [-0.1, -0.05) is 31.2 Å². The van der Waals surface area contributed by atoms with Crippen LogP contribution in [0.2, 0.25) is 0 Å². The van der Waals surface area contributed by atoms with E-state index in [9.17, 15) is 4.79 Å². The number of amides is 1. The third-order valence-electron chi connectivity index (χ3n) is 2.99. The van der Waals surface area contributed by atoms with Crippen LogP contribution in [0.15, 0.2) is 30.5 Å². The lowest BCUT2D eigenvalue weighted by Gasteiger charge is -2.05. The molecule has 0 aliphatic heterocycles. The predicted molar refractivity (Wildman–Crippen MR) is 74.6 cm³/mol. The molecule has 19 heavy (non-hydrogen) atoms. The maximum atomic E-state index is 11.9. The number of aromatic amines is 1. The molecule has 0 aliphatic rings. The van der Waals surface area contributed by atoms with Crippen LogP contribution >= 0.6 is 0 Å². The fourth-order valence-electron chi connectivity index (χ4n) is 1.85. The molecule has 1 aromatic carbocycles. The molecule has 0 bridgehead atoms. The fourth-order valence-corrected chi connectivity index (χ4v) is 1.85. The third kappa shape index (κ3) is 3.42. The first-order valence-corrected chi connectivity index (χ1v) is 6.33. The van der Waals surface area contributed by atoms with Crippen molar-refractivity contribution in [1.29, 1.82) is 0 Å². The Morgan fingerprint density at radius 3 is 2.63 bits per heavy atom. The van der Waals surface area contributed by atoms with Gasteiger partial charge in [-0.05, 0) is 17.5 Å². The minimum Gasteiger partial charge on any atom is -0.326 e. The number of nitrogens with one attached hydrogen (secondary N) is 2. The summed E-state index contributed by atoms with van der Waals surface area (Å²) in [5.74, 6) is 0.630. The summed E-state index contributed by atoms with van der Waals surface area (Å²) < 4.78 is 0. The second-order valence-electron chi connectivity index (χ2n) is 4.37. The number of aromatic nitrogens is 2. The Kier molecular flexibility index (Phi) is 4.30. The van der Waals surface area contributed by atoms with Gasteiger partial charge in [0, 0.05) is 12.1 Å². The minimum absolute atomic E-state index is 0.0561. The van der Waals surface area contributed by atoms with Gasteiger partial charge in [0.25, 0.3) is 0 Å². The average Bonchev–Trinajstić information content (AvgIpc) is 2.86. The monoisotopic (exact) mass is 258 g/mol. The lowest BCUT2D eigenvalue weighted by Crippen LogP contribution is -2.15. The van der Waals surface area contributed by atoms with E-state index < -0.39 is 0 Å². The maximum absolute atomic E-state index is 11.9. The smallest absolute Gasteiger partial charge is 0.229 e. The molecule has 5 nitrogen and oxygen atoms in total. The van der Waals surface area contributed by atoms with Gasteiger partial charge >= 0.3 is 0 Å². The van der Waals surface area contributed by atoms with Gasteiger partial charge in [0.05, 0.1) is 12.6 Å². The number of carbonyl (C=O) groups is 1. The largest absolute Gasteiger partial charge is 0.326 e. The molecule has 0 saturated heterocycles. The van der Waals surface area contributed by atoms with Crippen LogP contribution in [-0.2, 0) is 24.2 Å². The number of nitrogens with zero attached hydrogens (tertiary/aromatic N) is 1. The number of hydrogen-bond donors (Lipinski definition) is 3. The SMILES string of the molecule is CCc1cn[nH]c1NC(=O)Cc1ccc(CN)cc1. The van der Waals surface area contributed by atoms with Gasteiger partial charge in [0.1, 0.15) is 5.82 Å². The highest BCUT2D eigenvalue weighted by molar-refractivity contribution is 5.91. The topological polar surface area (TPSA) is 83.8 Å². The highest BCUT2D eigenvalue weighted by atomic mass is 16.1. The third-order valence-corrected chi connectivity index (χ3v) is 2.99. The van der Waals surface area contributed by atoms with E-state index in [4.69, 9.17) is 5.73 Å². The highest BCUT2D eigenvalue weighted by Gasteiger charge is 2.08. The van der Waals surface area contributed by atoms with Crippen molar-refractivity contribution < 1.29 is 4.79 Å². The molecule has 1 amide bonds. The summed E-state index contributed by atoms with van der Waals surface area (Å²) in [4.78, 5) is 11.9. The molecular formula is C14H18N4O. The van der Waals surface area contributed by atoms with Crippen molar-refractivity contribution in [3.8, 4) is 0 Å². The van der Waals surface area contributed by atoms with E-state index >= 15 is 0 Å². The van der Waals surface area contributed by atoms with E-state index in [0.717, 1.165) is 23.1 Å². The van der Waals surface area contributed by atoms with Crippen LogP contribution in [-0.4, -0.2) is 16.1 Å². The zero-order valence-electron chi connectivity index (χ0n) is 10.9. The number of hydrogen-bond acceptors (Lipinski definition) is 3. The van der Waals surface area contributed by atoms with Crippen LogP contribution in [0.25, 0.3) is 0 Å². The van der Waals surface area contributed by atoms with Crippen LogP contribution in [0.4, 0.5) is 5.82 Å². The number of carbonyl (C=O) groups excluding carboxylic acids is 1. The Bertz CT molecular complexity index is 545. The number of aryl methyl sites for hydroxylation is 1. The molecule has 0 saturated carbocycles. The molecule has 0 unspecified atom stereocenters. The van der Waals surface area contributed by atoms with Crippen LogP contribution in [0.5, 0.6) is 0 Å². The summed E-state index contributed by atoms with van der Waals surface area (Å²) in [6.45, 7) is 2.53. The summed E-state index contributed by atoms with van der Waals surface area (Å²) in [6, 6.07) is 7.73.